The van der Waals surface area contributed by atoms with Gasteiger partial charge in [0, 0.05) is 0 Å². The Morgan fingerprint density at radius 2 is 1.28 bits per heavy atom. The normalized spacial score (nSPS) is 13.3. The van der Waals surface area contributed by atoms with E-state index in [1.807, 2.05) is 6.07 Å². The largest absolute Gasteiger partial charge is 0.509 e. The highest BCUT2D eigenvalue weighted by atomic mass is 19.4. The van der Waals surface area contributed by atoms with E-state index in [2.05, 4.69) is 0 Å². The molecule has 0 saturated heterocycles. The van der Waals surface area contributed by atoms with E-state index in [9.17, 15) is 18.1 Å². The van der Waals surface area contributed by atoms with Crippen LogP contribution >= 0.6 is 0 Å². The fraction of sp³-hybridized carbons (Fsp3) is 0.0769. The molecule has 0 amide bonds. The average Bonchev–Trinajstić information content (AvgIpc) is 2.38. The smallest absolute Gasteiger partial charge is 0.445 e. The zero-order valence-electron chi connectivity index (χ0n) is 9.43. The second kappa shape index (κ2) is 4.86. The van der Waals surface area contributed by atoms with Crippen LogP contribution in [0.25, 0.3) is 0 Å². The molecular formula is C13H11BF3O-. The summed E-state index contributed by atoms with van der Waals surface area (Å²) < 4.78 is 37.3. The minimum atomic E-state index is -4.98. The number of benzene rings is 2. The highest BCUT2D eigenvalue weighted by Gasteiger charge is 2.25. The van der Waals surface area contributed by atoms with Gasteiger partial charge in [0.1, 0.15) is 6.10 Å². The van der Waals surface area contributed by atoms with Crippen LogP contribution in [-0.2, 0) is 0 Å². The molecule has 1 N–H and O–H groups in total. The van der Waals surface area contributed by atoms with Crippen molar-refractivity contribution in [3.8, 4) is 0 Å². The van der Waals surface area contributed by atoms with Gasteiger partial charge in [0.15, 0.2) is 0 Å². The standard InChI is InChI=1S/C13H11BF3O/c15-14(16,17)12-8-6-11(7-9-12)13(18)10-4-2-1-3-5-10/h1-9,13,18H/q-1. The molecule has 0 radical (unpaired) electrons. The summed E-state index contributed by atoms with van der Waals surface area (Å²) in [6.07, 6.45) is -0.902. The van der Waals surface area contributed by atoms with Gasteiger partial charge in [-0.2, -0.15) is 0 Å². The van der Waals surface area contributed by atoms with E-state index >= 15 is 0 Å². The molecular weight excluding hydrogens is 240 g/mol. The first-order chi connectivity index (χ1) is 8.48. The number of halogens is 3. The molecule has 0 spiro atoms. The van der Waals surface area contributed by atoms with Crippen LogP contribution in [0.1, 0.15) is 17.2 Å². The lowest BCUT2D eigenvalue weighted by Crippen LogP contribution is -2.33. The van der Waals surface area contributed by atoms with E-state index in [0.717, 1.165) is 12.1 Å². The summed E-state index contributed by atoms with van der Waals surface area (Å²) in [5.74, 6) is 0. The fourth-order valence-electron chi connectivity index (χ4n) is 1.72. The Bertz CT molecular complexity index is 508. The predicted octanol–water partition coefficient (Wildman–Crippen LogP) is 2.82. The van der Waals surface area contributed by atoms with Crippen LogP contribution in [0.4, 0.5) is 12.9 Å². The van der Waals surface area contributed by atoms with Crippen molar-refractivity contribution in [3.63, 3.8) is 0 Å². The van der Waals surface area contributed by atoms with Crippen molar-refractivity contribution in [2.45, 2.75) is 6.10 Å². The Labute approximate surface area is 103 Å². The Balaban J connectivity index is 2.25. The Morgan fingerprint density at radius 1 is 0.778 bits per heavy atom. The molecule has 94 valence electrons. The highest BCUT2D eigenvalue weighted by molar-refractivity contribution is 6.73. The van der Waals surface area contributed by atoms with Gasteiger partial charge in [-0.15, -0.1) is 5.46 Å². The first kappa shape index (κ1) is 12.7. The molecule has 2 aromatic rings. The van der Waals surface area contributed by atoms with Gasteiger partial charge >= 0.3 is 6.98 Å². The van der Waals surface area contributed by atoms with E-state index in [0.29, 0.717) is 11.1 Å². The maximum Gasteiger partial charge on any atom is 0.509 e. The van der Waals surface area contributed by atoms with Crippen molar-refractivity contribution >= 4 is 12.4 Å². The molecule has 0 aliphatic heterocycles. The van der Waals surface area contributed by atoms with Crippen LogP contribution in [0.3, 0.4) is 0 Å². The fourth-order valence-corrected chi connectivity index (χ4v) is 1.72. The van der Waals surface area contributed by atoms with Gasteiger partial charge in [-0.3, -0.25) is 0 Å². The minimum absolute atomic E-state index is 0.449. The zero-order valence-corrected chi connectivity index (χ0v) is 9.43. The second-order valence-electron chi connectivity index (χ2n) is 4.05. The average molecular weight is 251 g/mol. The zero-order chi connectivity index (χ0) is 13.2. The number of aliphatic hydroxyl groups is 1. The number of aliphatic hydroxyl groups excluding tert-OH is 1. The topological polar surface area (TPSA) is 20.2 Å². The molecule has 1 unspecified atom stereocenters. The number of hydrogen-bond acceptors (Lipinski definition) is 1. The molecule has 5 heteroatoms. The van der Waals surface area contributed by atoms with Gasteiger partial charge in [0.2, 0.25) is 0 Å². The SMILES string of the molecule is OC(c1ccccc1)c1ccc([B-](F)(F)F)cc1. The van der Waals surface area contributed by atoms with Crippen LogP contribution in [0.2, 0.25) is 0 Å². The molecule has 2 aromatic carbocycles. The van der Waals surface area contributed by atoms with Crippen LogP contribution in [-0.4, -0.2) is 12.1 Å². The van der Waals surface area contributed by atoms with Crippen molar-refractivity contribution in [3.05, 3.63) is 65.7 Å². The number of rotatable bonds is 3. The van der Waals surface area contributed by atoms with Crippen molar-refractivity contribution in [1.29, 1.82) is 0 Å². The monoisotopic (exact) mass is 251 g/mol. The lowest BCUT2D eigenvalue weighted by molar-refractivity contribution is 0.220. The van der Waals surface area contributed by atoms with Gasteiger partial charge in [0.05, 0.1) is 0 Å². The minimum Gasteiger partial charge on any atom is -0.445 e. The summed E-state index contributed by atoms with van der Waals surface area (Å²) in [6.45, 7) is -4.98. The Morgan fingerprint density at radius 3 is 1.78 bits per heavy atom. The first-order valence-electron chi connectivity index (χ1n) is 5.51. The van der Waals surface area contributed by atoms with E-state index in [1.54, 1.807) is 24.3 Å². The van der Waals surface area contributed by atoms with Crippen molar-refractivity contribution in [2.75, 3.05) is 0 Å². The lowest BCUT2D eigenvalue weighted by Gasteiger charge is -2.17. The molecule has 18 heavy (non-hydrogen) atoms. The van der Waals surface area contributed by atoms with Gasteiger partial charge < -0.3 is 18.1 Å². The van der Waals surface area contributed by atoms with Crippen molar-refractivity contribution in [2.24, 2.45) is 0 Å². The van der Waals surface area contributed by atoms with Crippen LogP contribution in [0.5, 0.6) is 0 Å². The van der Waals surface area contributed by atoms with E-state index in [1.165, 1.54) is 12.1 Å². The van der Waals surface area contributed by atoms with Gasteiger partial charge in [-0.05, 0) is 11.1 Å². The third-order valence-electron chi connectivity index (χ3n) is 2.75. The van der Waals surface area contributed by atoms with Crippen LogP contribution in [0.15, 0.2) is 54.6 Å². The third kappa shape index (κ3) is 2.74. The predicted molar refractivity (Wildman–Crippen MR) is 65.7 cm³/mol. The molecule has 0 aliphatic rings. The quantitative estimate of drug-likeness (QED) is 0.831. The maximum atomic E-state index is 12.4. The first-order valence-corrected chi connectivity index (χ1v) is 5.51. The second-order valence-corrected chi connectivity index (χ2v) is 4.05. The van der Waals surface area contributed by atoms with Gasteiger partial charge in [0.25, 0.3) is 0 Å². The Hall–Kier alpha value is -1.75. The summed E-state index contributed by atoms with van der Waals surface area (Å²) in [6, 6.07) is 13.4. The summed E-state index contributed by atoms with van der Waals surface area (Å²) in [7, 11) is 0. The van der Waals surface area contributed by atoms with Gasteiger partial charge in [-0.25, -0.2) is 0 Å². The van der Waals surface area contributed by atoms with E-state index in [-0.39, 0.29) is 0 Å². The van der Waals surface area contributed by atoms with Crippen LogP contribution < -0.4 is 5.46 Å². The Kier molecular flexibility index (Phi) is 3.43. The molecule has 2 rings (SSSR count). The molecule has 0 aliphatic carbocycles. The summed E-state index contributed by atoms with van der Waals surface area (Å²) >= 11 is 0. The molecule has 0 fully saturated rings. The summed E-state index contributed by atoms with van der Waals surface area (Å²) in [5.41, 5.74) is 0.451. The summed E-state index contributed by atoms with van der Waals surface area (Å²) in [4.78, 5) is 0. The van der Waals surface area contributed by atoms with Crippen LogP contribution in [0, 0.1) is 0 Å². The molecule has 0 aromatic heterocycles. The third-order valence-corrected chi connectivity index (χ3v) is 2.75. The van der Waals surface area contributed by atoms with Crippen molar-refractivity contribution in [1.82, 2.24) is 0 Å². The highest BCUT2D eigenvalue weighted by Crippen LogP contribution is 2.21. The van der Waals surface area contributed by atoms with E-state index in [4.69, 9.17) is 0 Å². The maximum absolute atomic E-state index is 12.4. The molecule has 0 heterocycles. The molecule has 1 atom stereocenters. The molecule has 0 saturated carbocycles. The summed E-state index contributed by atoms with van der Waals surface area (Å²) in [5, 5.41) is 10.0. The van der Waals surface area contributed by atoms with E-state index < -0.39 is 18.5 Å². The molecule has 1 nitrogen and oxygen atoms in total. The van der Waals surface area contributed by atoms with Crippen molar-refractivity contribution < 1.29 is 18.1 Å². The van der Waals surface area contributed by atoms with Gasteiger partial charge in [-0.1, -0.05) is 54.6 Å². The number of hydrogen-bond donors (Lipinski definition) is 1. The lowest BCUT2D eigenvalue weighted by atomic mass is 9.79. The molecule has 0 bridgehead atoms.